The Labute approximate surface area is 165 Å². The SMILES string of the molecule is CC(C)CCCCCCCCCCCCCCC(=O)N(C(C)C)C(C)C. The number of carbonyl (C=O) groups excluding carboxylic acids is 1. The molecule has 0 fully saturated rings. The van der Waals surface area contributed by atoms with E-state index in [9.17, 15) is 4.79 Å². The lowest BCUT2D eigenvalue weighted by Crippen LogP contribution is -2.41. The normalized spacial score (nSPS) is 11.7. The molecule has 0 spiro atoms. The minimum atomic E-state index is 0.317. The zero-order valence-electron chi connectivity index (χ0n) is 19.0. The molecule has 0 saturated heterocycles. The highest BCUT2D eigenvalue weighted by Crippen LogP contribution is 2.15. The van der Waals surface area contributed by atoms with Crippen LogP contribution in [0.5, 0.6) is 0 Å². The summed E-state index contributed by atoms with van der Waals surface area (Å²) in [6.45, 7) is 13.1. The molecule has 0 atom stereocenters. The minimum absolute atomic E-state index is 0.317. The van der Waals surface area contributed by atoms with E-state index in [1.165, 1.54) is 77.0 Å². The Balaban J connectivity index is 3.37. The van der Waals surface area contributed by atoms with Crippen molar-refractivity contribution in [2.24, 2.45) is 5.92 Å². The topological polar surface area (TPSA) is 20.3 Å². The van der Waals surface area contributed by atoms with Gasteiger partial charge in [0.05, 0.1) is 0 Å². The van der Waals surface area contributed by atoms with E-state index in [4.69, 9.17) is 0 Å². The van der Waals surface area contributed by atoms with Gasteiger partial charge in [0.1, 0.15) is 0 Å². The Hall–Kier alpha value is -0.530. The zero-order valence-corrected chi connectivity index (χ0v) is 19.0. The van der Waals surface area contributed by atoms with Crippen molar-refractivity contribution in [3.05, 3.63) is 0 Å². The summed E-state index contributed by atoms with van der Waals surface area (Å²) in [4.78, 5) is 14.3. The summed E-state index contributed by atoms with van der Waals surface area (Å²) in [7, 11) is 0. The third-order valence-corrected chi connectivity index (χ3v) is 5.32. The van der Waals surface area contributed by atoms with E-state index in [1.54, 1.807) is 0 Å². The lowest BCUT2D eigenvalue weighted by molar-refractivity contribution is -0.134. The summed E-state index contributed by atoms with van der Waals surface area (Å²) in [6.07, 6.45) is 18.4. The van der Waals surface area contributed by atoms with Crippen LogP contribution < -0.4 is 0 Å². The predicted octanol–water partition coefficient (Wildman–Crippen LogP) is 7.75. The average Bonchev–Trinajstić information content (AvgIpc) is 2.54. The second-order valence-electron chi connectivity index (χ2n) is 9.16. The molecule has 1 amide bonds. The van der Waals surface area contributed by atoms with Crippen LogP contribution in [0, 0.1) is 5.92 Å². The number of amides is 1. The molecule has 2 heteroatoms. The summed E-state index contributed by atoms with van der Waals surface area (Å²) >= 11 is 0. The van der Waals surface area contributed by atoms with E-state index in [1.807, 2.05) is 4.90 Å². The molecule has 26 heavy (non-hydrogen) atoms. The fraction of sp³-hybridized carbons (Fsp3) is 0.958. The Morgan fingerprint density at radius 1 is 0.577 bits per heavy atom. The molecule has 0 unspecified atom stereocenters. The van der Waals surface area contributed by atoms with Crippen molar-refractivity contribution < 1.29 is 4.79 Å². The zero-order chi connectivity index (χ0) is 19.8. The van der Waals surface area contributed by atoms with Gasteiger partial charge in [-0.3, -0.25) is 4.79 Å². The first-order chi connectivity index (χ1) is 12.4. The number of hydrogen-bond acceptors (Lipinski definition) is 1. The van der Waals surface area contributed by atoms with Crippen LogP contribution in [0.3, 0.4) is 0 Å². The summed E-state index contributed by atoms with van der Waals surface area (Å²) in [5, 5.41) is 0. The van der Waals surface area contributed by atoms with E-state index in [0.29, 0.717) is 18.0 Å². The standard InChI is InChI=1S/C24H49NO/c1-21(2)19-17-15-13-11-9-7-8-10-12-14-16-18-20-24(26)25(22(3)4)23(5)6/h21-23H,7-20H2,1-6H3. The van der Waals surface area contributed by atoms with E-state index < -0.39 is 0 Å². The van der Waals surface area contributed by atoms with Crippen LogP contribution in [0.1, 0.15) is 131 Å². The molecule has 0 aliphatic rings. The predicted molar refractivity (Wildman–Crippen MR) is 117 cm³/mol. The molecule has 0 N–H and O–H groups in total. The van der Waals surface area contributed by atoms with Gasteiger partial charge in [0, 0.05) is 18.5 Å². The minimum Gasteiger partial charge on any atom is -0.338 e. The Bertz CT molecular complexity index is 314. The van der Waals surface area contributed by atoms with Gasteiger partial charge >= 0.3 is 0 Å². The summed E-state index contributed by atoms with van der Waals surface area (Å²) in [5.74, 6) is 1.21. The van der Waals surface area contributed by atoms with Gasteiger partial charge in [0.2, 0.25) is 5.91 Å². The van der Waals surface area contributed by atoms with Crippen LogP contribution in [-0.4, -0.2) is 22.9 Å². The Morgan fingerprint density at radius 2 is 0.923 bits per heavy atom. The number of hydrogen-bond donors (Lipinski definition) is 0. The largest absolute Gasteiger partial charge is 0.338 e. The van der Waals surface area contributed by atoms with Crippen molar-refractivity contribution in [1.29, 1.82) is 0 Å². The highest BCUT2D eigenvalue weighted by atomic mass is 16.2. The van der Waals surface area contributed by atoms with Crippen molar-refractivity contribution >= 4 is 5.91 Å². The molecule has 0 rings (SSSR count). The highest BCUT2D eigenvalue weighted by Gasteiger charge is 2.18. The smallest absolute Gasteiger partial charge is 0.223 e. The second-order valence-corrected chi connectivity index (χ2v) is 9.16. The monoisotopic (exact) mass is 367 g/mol. The maximum absolute atomic E-state index is 12.3. The van der Waals surface area contributed by atoms with Gasteiger partial charge in [0.15, 0.2) is 0 Å². The molecule has 0 aliphatic heterocycles. The van der Waals surface area contributed by atoms with E-state index in [0.717, 1.165) is 18.8 Å². The van der Waals surface area contributed by atoms with Gasteiger partial charge in [-0.05, 0) is 40.0 Å². The van der Waals surface area contributed by atoms with Crippen molar-refractivity contribution in [3.8, 4) is 0 Å². The maximum atomic E-state index is 12.3. The third kappa shape index (κ3) is 14.6. The van der Waals surface area contributed by atoms with Crippen LogP contribution in [-0.2, 0) is 4.79 Å². The molecular weight excluding hydrogens is 318 g/mol. The molecule has 0 aromatic heterocycles. The van der Waals surface area contributed by atoms with Crippen molar-refractivity contribution in [1.82, 2.24) is 4.90 Å². The van der Waals surface area contributed by atoms with E-state index in [-0.39, 0.29) is 0 Å². The number of nitrogens with zero attached hydrogens (tertiary/aromatic N) is 1. The lowest BCUT2D eigenvalue weighted by atomic mass is 10.0. The Morgan fingerprint density at radius 3 is 1.27 bits per heavy atom. The number of rotatable bonds is 17. The molecule has 2 nitrogen and oxygen atoms in total. The molecule has 0 radical (unpaired) electrons. The van der Waals surface area contributed by atoms with E-state index >= 15 is 0 Å². The lowest BCUT2D eigenvalue weighted by Gasteiger charge is -2.30. The second kappa shape index (κ2) is 16.6. The van der Waals surface area contributed by atoms with Crippen molar-refractivity contribution in [3.63, 3.8) is 0 Å². The highest BCUT2D eigenvalue weighted by molar-refractivity contribution is 5.76. The van der Waals surface area contributed by atoms with Crippen LogP contribution >= 0.6 is 0 Å². The molecule has 156 valence electrons. The molecular formula is C24H49NO. The number of unbranched alkanes of at least 4 members (excludes halogenated alkanes) is 11. The van der Waals surface area contributed by atoms with Crippen molar-refractivity contribution in [2.75, 3.05) is 0 Å². The number of carbonyl (C=O) groups is 1. The fourth-order valence-corrected chi connectivity index (χ4v) is 3.90. The molecule has 0 aliphatic carbocycles. The van der Waals surface area contributed by atoms with Crippen LogP contribution in [0.15, 0.2) is 0 Å². The van der Waals surface area contributed by atoms with Gasteiger partial charge in [-0.2, -0.15) is 0 Å². The van der Waals surface area contributed by atoms with Gasteiger partial charge < -0.3 is 4.90 Å². The van der Waals surface area contributed by atoms with Crippen LogP contribution in [0.2, 0.25) is 0 Å². The first-order valence-electron chi connectivity index (χ1n) is 11.7. The van der Waals surface area contributed by atoms with Crippen LogP contribution in [0.4, 0.5) is 0 Å². The van der Waals surface area contributed by atoms with Crippen LogP contribution in [0.25, 0.3) is 0 Å². The quantitative estimate of drug-likeness (QED) is 0.241. The summed E-state index contributed by atoms with van der Waals surface area (Å²) in [6, 6.07) is 0.635. The average molecular weight is 368 g/mol. The molecule has 0 aromatic carbocycles. The third-order valence-electron chi connectivity index (χ3n) is 5.32. The van der Waals surface area contributed by atoms with Crippen molar-refractivity contribution in [2.45, 2.75) is 144 Å². The summed E-state index contributed by atoms with van der Waals surface area (Å²) in [5.41, 5.74) is 0. The summed E-state index contributed by atoms with van der Waals surface area (Å²) < 4.78 is 0. The molecule has 0 aromatic rings. The molecule has 0 saturated carbocycles. The first kappa shape index (κ1) is 25.5. The fourth-order valence-electron chi connectivity index (χ4n) is 3.90. The van der Waals surface area contributed by atoms with Gasteiger partial charge in [-0.15, -0.1) is 0 Å². The van der Waals surface area contributed by atoms with Gasteiger partial charge in [-0.1, -0.05) is 90.9 Å². The van der Waals surface area contributed by atoms with E-state index in [2.05, 4.69) is 41.5 Å². The Kier molecular flexibility index (Phi) is 16.3. The first-order valence-corrected chi connectivity index (χ1v) is 11.7. The maximum Gasteiger partial charge on any atom is 0.223 e. The van der Waals surface area contributed by atoms with Gasteiger partial charge in [-0.25, -0.2) is 0 Å². The molecule has 0 heterocycles. The molecule has 0 bridgehead atoms. The van der Waals surface area contributed by atoms with Gasteiger partial charge in [0.25, 0.3) is 0 Å².